The maximum atomic E-state index is 10.0. The van der Waals surface area contributed by atoms with Crippen molar-refractivity contribution in [1.29, 1.82) is 0 Å². The third-order valence-electron chi connectivity index (χ3n) is 3.45. The van der Waals surface area contributed by atoms with Crippen LogP contribution >= 0.6 is 24.0 Å². The molecule has 0 atom stereocenters. The molecule has 0 radical (unpaired) electrons. The summed E-state index contributed by atoms with van der Waals surface area (Å²) >= 11 is 6.96. The van der Waals surface area contributed by atoms with Crippen LogP contribution in [-0.4, -0.2) is 28.4 Å². The fraction of sp³-hybridized carbons (Fsp3) is 0.500. The van der Waals surface area contributed by atoms with Gasteiger partial charge < -0.3 is 10.0 Å². The summed E-state index contributed by atoms with van der Waals surface area (Å²) in [7, 11) is 3.92. The van der Waals surface area contributed by atoms with E-state index in [0.717, 1.165) is 21.2 Å². The molecule has 1 rings (SSSR count). The van der Waals surface area contributed by atoms with Gasteiger partial charge in [0.2, 0.25) is 0 Å². The second-order valence-corrected chi connectivity index (χ2v) is 6.39. The van der Waals surface area contributed by atoms with Gasteiger partial charge in [0.25, 0.3) is 0 Å². The Morgan fingerprint density at radius 3 is 1.89 bits per heavy atom. The highest BCUT2D eigenvalue weighted by Crippen LogP contribution is 2.33. The quantitative estimate of drug-likeness (QED) is 0.836. The lowest BCUT2D eigenvalue weighted by molar-refractivity contribution is 0.465. The zero-order chi connectivity index (χ0) is 14.0. The molecule has 0 bridgehead atoms. The maximum Gasteiger partial charge on any atom is 0.136 e. The Morgan fingerprint density at radius 2 is 1.50 bits per heavy atom. The van der Waals surface area contributed by atoms with E-state index in [2.05, 4.69) is 13.8 Å². The first kappa shape index (κ1) is 15.3. The first-order valence-corrected chi connectivity index (χ1v) is 7.29. The van der Waals surface area contributed by atoms with Gasteiger partial charge in [-0.25, -0.2) is 0 Å². The van der Waals surface area contributed by atoms with E-state index in [4.69, 9.17) is 12.2 Å². The highest BCUT2D eigenvalue weighted by molar-refractivity contribution is 8.22. The fourth-order valence-corrected chi connectivity index (χ4v) is 2.99. The van der Waals surface area contributed by atoms with Crippen molar-refractivity contribution in [2.24, 2.45) is 0 Å². The van der Waals surface area contributed by atoms with Crippen LogP contribution in [0.4, 0.5) is 0 Å². The third kappa shape index (κ3) is 2.98. The molecule has 0 fully saturated rings. The fourth-order valence-electron chi connectivity index (χ4n) is 1.85. The lowest BCUT2D eigenvalue weighted by Gasteiger charge is -2.18. The van der Waals surface area contributed by atoms with E-state index in [0.29, 0.717) is 5.75 Å². The lowest BCUT2D eigenvalue weighted by atomic mass is 9.94. The van der Waals surface area contributed by atoms with Crippen LogP contribution in [0, 0.1) is 27.7 Å². The van der Waals surface area contributed by atoms with Crippen molar-refractivity contribution in [2.75, 3.05) is 14.1 Å². The molecule has 0 saturated carbocycles. The molecule has 0 aromatic heterocycles. The molecule has 0 saturated heterocycles. The van der Waals surface area contributed by atoms with Crippen molar-refractivity contribution in [3.05, 3.63) is 27.8 Å². The van der Waals surface area contributed by atoms with Crippen LogP contribution < -0.4 is 0 Å². The molecule has 2 nitrogen and oxygen atoms in total. The first-order valence-electron chi connectivity index (χ1n) is 5.89. The van der Waals surface area contributed by atoms with Gasteiger partial charge in [0.15, 0.2) is 0 Å². The van der Waals surface area contributed by atoms with E-state index in [-0.39, 0.29) is 0 Å². The number of thioether (sulfide) groups is 1. The molecule has 0 unspecified atom stereocenters. The summed E-state index contributed by atoms with van der Waals surface area (Å²) in [5.41, 5.74) is 5.58. The number of benzene rings is 1. The van der Waals surface area contributed by atoms with Gasteiger partial charge in [-0.05, 0) is 55.5 Å². The number of phenolic OH excluding ortho intramolecular Hbond substituents is 1. The van der Waals surface area contributed by atoms with E-state index < -0.39 is 0 Å². The molecule has 0 aliphatic heterocycles. The molecule has 0 amide bonds. The number of phenols is 1. The van der Waals surface area contributed by atoms with Crippen molar-refractivity contribution in [3.63, 3.8) is 0 Å². The number of nitrogens with zero attached hydrogens (tertiary/aromatic N) is 1. The van der Waals surface area contributed by atoms with Gasteiger partial charge in [-0.2, -0.15) is 0 Å². The monoisotopic (exact) mass is 283 g/mol. The van der Waals surface area contributed by atoms with Crippen molar-refractivity contribution in [2.45, 2.75) is 33.4 Å². The topological polar surface area (TPSA) is 23.5 Å². The molecular weight excluding hydrogens is 262 g/mol. The number of hydrogen-bond donors (Lipinski definition) is 1. The summed E-state index contributed by atoms with van der Waals surface area (Å²) in [5, 5.41) is 10.0. The van der Waals surface area contributed by atoms with Crippen molar-refractivity contribution in [1.82, 2.24) is 4.90 Å². The Kier molecular flexibility index (Phi) is 5.05. The Hall–Kier alpha value is -0.740. The Morgan fingerprint density at radius 1 is 1.06 bits per heavy atom. The third-order valence-corrected chi connectivity index (χ3v) is 5.21. The van der Waals surface area contributed by atoms with Gasteiger partial charge in [0, 0.05) is 19.8 Å². The minimum Gasteiger partial charge on any atom is -0.507 e. The minimum atomic E-state index is 0.425. The molecule has 0 aliphatic carbocycles. The zero-order valence-electron chi connectivity index (χ0n) is 11.9. The predicted octanol–water partition coefficient (Wildman–Crippen LogP) is 3.71. The molecule has 0 aliphatic rings. The molecule has 4 heteroatoms. The molecule has 18 heavy (non-hydrogen) atoms. The van der Waals surface area contributed by atoms with Crippen LogP contribution in [0.5, 0.6) is 5.75 Å². The summed E-state index contributed by atoms with van der Waals surface area (Å²) in [6.45, 7) is 8.07. The van der Waals surface area contributed by atoms with E-state index >= 15 is 0 Å². The normalized spacial score (nSPS) is 10.6. The van der Waals surface area contributed by atoms with E-state index in [1.807, 2.05) is 32.8 Å². The van der Waals surface area contributed by atoms with Crippen molar-refractivity contribution in [3.8, 4) is 5.75 Å². The summed E-state index contributed by atoms with van der Waals surface area (Å²) < 4.78 is 0.886. The Bertz CT molecular complexity index is 452. The molecule has 1 aromatic carbocycles. The molecule has 0 spiro atoms. The van der Waals surface area contributed by atoms with Gasteiger partial charge in [-0.3, -0.25) is 0 Å². The summed E-state index contributed by atoms with van der Waals surface area (Å²) in [4.78, 5) is 1.95. The minimum absolute atomic E-state index is 0.425. The van der Waals surface area contributed by atoms with Crippen LogP contribution in [0.1, 0.15) is 27.8 Å². The van der Waals surface area contributed by atoms with E-state index in [9.17, 15) is 5.11 Å². The largest absolute Gasteiger partial charge is 0.507 e. The lowest BCUT2D eigenvalue weighted by Crippen LogP contribution is -2.16. The molecule has 1 aromatic rings. The first-order chi connectivity index (χ1) is 8.27. The van der Waals surface area contributed by atoms with Gasteiger partial charge in [-0.1, -0.05) is 24.0 Å². The van der Waals surface area contributed by atoms with Gasteiger partial charge in [0.05, 0.1) is 0 Å². The SMILES string of the molecule is Cc1c(C)c(CSC(=S)N(C)C)c(C)c(C)c1O. The molecule has 1 N–H and O–H groups in total. The highest BCUT2D eigenvalue weighted by Gasteiger charge is 2.14. The second kappa shape index (κ2) is 5.93. The number of rotatable bonds is 2. The van der Waals surface area contributed by atoms with Gasteiger partial charge >= 0.3 is 0 Å². The summed E-state index contributed by atoms with van der Waals surface area (Å²) in [5.74, 6) is 1.28. The maximum absolute atomic E-state index is 10.0. The predicted molar refractivity (Wildman–Crippen MR) is 84.6 cm³/mol. The highest BCUT2D eigenvalue weighted by atomic mass is 32.2. The smallest absolute Gasteiger partial charge is 0.136 e. The Balaban J connectivity index is 3.07. The standard InChI is InChI=1S/C14H21NOS2/c1-8-10(3)13(16)11(4)9(2)12(8)7-18-14(17)15(5)6/h16H,7H2,1-6H3. The average molecular weight is 283 g/mol. The van der Waals surface area contributed by atoms with Gasteiger partial charge in [0.1, 0.15) is 10.1 Å². The van der Waals surface area contributed by atoms with Crippen LogP contribution in [0.3, 0.4) is 0 Å². The summed E-state index contributed by atoms with van der Waals surface area (Å²) in [6.07, 6.45) is 0. The molecular formula is C14H21NOS2. The van der Waals surface area contributed by atoms with Crippen molar-refractivity contribution < 1.29 is 5.11 Å². The summed E-state index contributed by atoms with van der Waals surface area (Å²) in [6, 6.07) is 0. The van der Waals surface area contributed by atoms with Crippen LogP contribution in [0.15, 0.2) is 0 Å². The van der Waals surface area contributed by atoms with Crippen molar-refractivity contribution >= 4 is 28.3 Å². The second-order valence-electron chi connectivity index (χ2n) is 4.78. The van der Waals surface area contributed by atoms with E-state index in [1.54, 1.807) is 11.8 Å². The van der Waals surface area contributed by atoms with Crippen LogP contribution in [-0.2, 0) is 5.75 Å². The van der Waals surface area contributed by atoms with Gasteiger partial charge in [-0.15, -0.1) is 0 Å². The average Bonchev–Trinajstić information content (AvgIpc) is 2.33. The van der Waals surface area contributed by atoms with E-state index in [1.165, 1.54) is 16.7 Å². The van der Waals surface area contributed by atoms with Crippen LogP contribution in [0.2, 0.25) is 0 Å². The number of aromatic hydroxyl groups is 1. The zero-order valence-corrected chi connectivity index (χ0v) is 13.6. The molecule has 0 heterocycles. The molecule has 100 valence electrons. The van der Waals surface area contributed by atoms with Crippen LogP contribution in [0.25, 0.3) is 0 Å². The Labute approximate surface area is 119 Å². The number of thiocarbonyl (C=S) groups is 1. The number of hydrogen-bond acceptors (Lipinski definition) is 3.